The SMILES string of the molecule is CC(NCc1ccc(O)c(Cl)c1)c1nc2ccccc2[nH]1. The van der Waals surface area contributed by atoms with Crippen molar-refractivity contribution in [1.82, 2.24) is 15.3 Å². The summed E-state index contributed by atoms with van der Waals surface area (Å²) in [5, 5.41) is 13.2. The summed E-state index contributed by atoms with van der Waals surface area (Å²) in [4.78, 5) is 7.88. The Morgan fingerprint density at radius 2 is 2.10 bits per heavy atom. The molecule has 0 fully saturated rings. The second-order valence-corrected chi connectivity index (χ2v) is 5.43. The fourth-order valence-electron chi connectivity index (χ4n) is 2.21. The molecule has 1 atom stereocenters. The molecule has 2 aromatic carbocycles. The number of para-hydroxylation sites is 2. The molecule has 0 aliphatic rings. The first-order chi connectivity index (χ1) is 10.1. The van der Waals surface area contributed by atoms with Gasteiger partial charge in [-0.05, 0) is 36.8 Å². The second-order valence-electron chi connectivity index (χ2n) is 5.03. The van der Waals surface area contributed by atoms with Gasteiger partial charge in [-0.2, -0.15) is 0 Å². The number of phenols is 1. The molecule has 0 aliphatic carbocycles. The minimum atomic E-state index is 0.0879. The second kappa shape index (κ2) is 5.76. The van der Waals surface area contributed by atoms with E-state index in [1.54, 1.807) is 12.1 Å². The molecule has 0 aliphatic heterocycles. The van der Waals surface area contributed by atoms with Crippen LogP contribution in [0.4, 0.5) is 0 Å². The first kappa shape index (κ1) is 13.9. The summed E-state index contributed by atoms with van der Waals surface area (Å²) < 4.78 is 0. The Morgan fingerprint density at radius 1 is 1.29 bits per heavy atom. The maximum Gasteiger partial charge on any atom is 0.134 e. The van der Waals surface area contributed by atoms with Gasteiger partial charge in [0.25, 0.3) is 0 Å². The first-order valence-corrected chi connectivity index (χ1v) is 7.16. The molecule has 0 bridgehead atoms. The number of hydrogen-bond donors (Lipinski definition) is 3. The van der Waals surface area contributed by atoms with E-state index in [1.807, 2.05) is 30.3 Å². The van der Waals surface area contributed by atoms with E-state index in [0.717, 1.165) is 22.4 Å². The number of H-pyrrole nitrogens is 1. The molecule has 4 nitrogen and oxygen atoms in total. The molecule has 3 N–H and O–H groups in total. The lowest BCUT2D eigenvalue weighted by molar-refractivity contribution is 0.475. The summed E-state index contributed by atoms with van der Waals surface area (Å²) in [6.07, 6.45) is 0. The van der Waals surface area contributed by atoms with Gasteiger partial charge in [0, 0.05) is 6.54 Å². The molecule has 0 saturated carbocycles. The highest BCUT2D eigenvalue weighted by Crippen LogP contribution is 2.24. The number of rotatable bonds is 4. The number of imidazole rings is 1. The Bertz CT molecular complexity index is 736. The predicted molar refractivity (Wildman–Crippen MR) is 84.5 cm³/mol. The van der Waals surface area contributed by atoms with E-state index in [-0.39, 0.29) is 11.8 Å². The van der Waals surface area contributed by atoms with Gasteiger partial charge in [0.15, 0.2) is 0 Å². The zero-order valence-corrected chi connectivity index (χ0v) is 12.4. The van der Waals surface area contributed by atoms with E-state index in [0.29, 0.717) is 11.6 Å². The third-order valence-corrected chi connectivity index (χ3v) is 3.75. The van der Waals surface area contributed by atoms with Crippen LogP contribution in [0, 0.1) is 0 Å². The molecule has 3 rings (SSSR count). The van der Waals surface area contributed by atoms with Gasteiger partial charge in [-0.1, -0.05) is 29.8 Å². The van der Waals surface area contributed by atoms with E-state index in [4.69, 9.17) is 11.6 Å². The summed E-state index contributed by atoms with van der Waals surface area (Å²) >= 11 is 5.90. The molecule has 21 heavy (non-hydrogen) atoms. The number of fused-ring (bicyclic) bond motifs is 1. The minimum absolute atomic E-state index is 0.0879. The van der Waals surface area contributed by atoms with Crippen LogP contribution in [0.5, 0.6) is 5.75 Å². The van der Waals surface area contributed by atoms with E-state index in [9.17, 15) is 5.11 Å². The van der Waals surface area contributed by atoms with Crippen LogP contribution in [0.25, 0.3) is 11.0 Å². The maximum absolute atomic E-state index is 9.41. The molecule has 3 aromatic rings. The van der Waals surface area contributed by atoms with Gasteiger partial charge in [-0.25, -0.2) is 4.98 Å². The van der Waals surface area contributed by atoms with Crippen molar-refractivity contribution in [1.29, 1.82) is 0 Å². The topological polar surface area (TPSA) is 60.9 Å². The van der Waals surface area contributed by atoms with Gasteiger partial charge in [0.2, 0.25) is 0 Å². The van der Waals surface area contributed by atoms with Gasteiger partial charge in [0.1, 0.15) is 11.6 Å². The van der Waals surface area contributed by atoms with Crippen molar-refractivity contribution in [2.75, 3.05) is 0 Å². The fourth-order valence-corrected chi connectivity index (χ4v) is 2.41. The van der Waals surface area contributed by atoms with Crippen molar-refractivity contribution >= 4 is 22.6 Å². The standard InChI is InChI=1S/C16H16ClN3O/c1-10(16-19-13-4-2-3-5-14(13)20-16)18-9-11-6-7-15(21)12(17)8-11/h2-8,10,18,21H,9H2,1H3,(H,19,20). The zero-order valence-electron chi connectivity index (χ0n) is 11.6. The normalized spacial score (nSPS) is 12.7. The van der Waals surface area contributed by atoms with E-state index >= 15 is 0 Å². The van der Waals surface area contributed by atoms with Crippen LogP contribution in [0.2, 0.25) is 5.02 Å². The Balaban J connectivity index is 1.70. The first-order valence-electron chi connectivity index (χ1n) is 6.79. The third kappa shape index (κ3) is 3.01. The molecule has 108 valence electrons. The molecular formula is C16H16ClN3O. The van der Waals surface area contributed by atoms with Gasteiger partial charge in [-0.3, -0.25) is 0 Å². The quantitative estimate of drug-likeness (QED) is 0.687. The van der Waals surface area contributed by atoms with Crippen LogP contribution in [0.15, 0.2) is 42.5 Å². The van der Waals surface area contributed by atoms with Crippen LogP contribution < -0.4 is 5.32 Å². The lowest BCUT2D eigenvalue weighted by Gasteiger charge is -2.11. The van der Waals surface area contributed by atoms with Crippen LogP contribution in [-0.4, -0.2) is 15.1 Å². The van der Waals surface area contributed by atoms with E-state index < -0.39 is 0 Å². The number of phenolic OH excluding ortho intramolecular Hbond substituents is 1. The van der Waals surface area contributed by atoms with Crippen LogP contribution >= 0.6 is 11.6 Å². The van der Waals surface area contributed by atoms with Crippen molar-refractivity contribution in [2.45, 2.75) is 19.5 Å². The lowest BCUT2D eigenvalue weighted by Crippen LogP contribution is -2.19. The summed E-state index contributed by atoms with van der Waals surface area (Å²) in [7, 11) is 0. The van der Waals surface area contributed by atoms with Crippen molar-refractivity contribution in [3.63, 3.8) is 0 Å². The summed E-state index contributed by atoms with van der Waals surface area (Å²) in [6.45, 7) is 2.71. The number of nitrogens with zero attached hydrogens (tertiary/aromatic N) is 1. The third-order valence-electron chi connectivity index (χ3n) is 3.44. The average molecular weight is 302 g/mol. The maximum atomic E-state index is 9.41. The molecular weight excluding hydrogens is 286 g/mol. The Labute approximate surface area is 127 Å². The number of aromatic amines is 1. The number of halogens is 1. The number of nitrogens with one attached hydrogen (secondary N) is 2. The molecule has 0 spiro atoms. The van der Waals surface area contributed by atoms with E-state index in [1.165, 1.54) is 0 Å². The highest BCUT2D eigenvalue weighted by Gasteiger charge is 2.10. The Morgan fingerprint density at radius 3 is 2.86 bits per heavy atom. The average Bonchev–Trinajstić information content (AvgIpc) is 2.92. The summed E-state index contributed by atoms with van der Waals surface area (Å²) in [5.74, 6) is 1.01. The van der Waals surface area contributed by atoms with Gasteiger partial charge >= 0.3 is 0 Å². The minimum Gasteiger partial charge on any atom is -0.506 e. The van der Waals surface area contributed by atoms with Gasteiger partial charge < -0.3 is 15.4 Å². The van der Waals surface area contributed by atoms with Crippen LogP contribution in [0.1, 0.15) is 24.4 Å². The van der Waals surface area contributed by atoms with E-state index in [2.05, 4.69) is 22.2 Å². The fraction of sp³-hybridized carbons (Fsp3) is 0.188. The zero-order chi connectivity index (χ0) is 14.8. The predicted octanol–water partition coefficient (Wildman–Crippen LogP) is 3.77. The highest BCUT2D eigenvalue weighted by atomic mass is 35.5. The monoisotopic (exact) mass is 301 g/mol. The molecule has 1 heterocycles. The number of benzene rings is 2. The van der Waals surface area contributed by atoms with Crippen LogP contribution in [0.3, 0.4) is 0 Å². The number of aromatic hydroxyl groups is 1. The Hall–Kier alpha value is -2.04. The molecule has 1 unspecified atom stereocenters. The van der Waals surface area contributed by atoms with Crippen molar-refractivity contribution < 1.29 is 5.11 Å². The molecule has 1 aromatic heterocycles. The molecule has 0 saturated heterocycles. The Kier molecular flexibility index (Phi) is 3.82. The molecule has 0 amide bonds. The van der Waals surface area contributed by atoms with Gasteiger partial charge in [-0.15, -0.1) is 0 Å². The smallest absolute Gasteiger partial charge is 0.134 e. The summed E-state index contributed by atoms with van der Waals surface area (Å²) in [5.41, 5.74) is 3.02. The molecule has 0 radical (unpaired) electrons. The summed E-state index contributed by atoms with van der Waals surface area (Å²) in [6, 6.07) is 13.3. The van der Waals surface area contributed by atoms with Crippen molar-refractivity contribution in [2.24, 2.45) is 0 Å². The largest absolute Gasteiger partial charge is 0.506 e. The highest BCUT2D eigenvalue weighted by molar-refractivity contribution is 6.32. The molecule has 5 heteroatoms. The van der Waals surface area contributed by atoms with Crippen LogP contribution in [-0.2, 0) is 6.54 Å². The van der Waals surface area contributed by atoms with Crippen molar-refractivity contribution in [3.05, 3.63) is 58.9 Å². The number of aromatic nitrogens is 2. The number of hydrogen-bond acceptors (Lipinski definition) is 3. The lowest BCUT2D eigenvalue weighted by atomic mass is 10.2. The van der Waals surface area contributed by atoms with Crippen molar-refractivity contribution in [3.8, 4) is 5.75 Å². The van der Waals surface area contributed by atoms with Gasteiger partial charge in [0.05, 0.1) is 22.1 Å².